The maximum Gasteiger partial charge on any atom is 0.414 e. The molecular formula is C26H32N2O6. The van der Waals surface area contributed by atoms with Crippen LogP contribution in [0.15, 0.2) is 35.1 Å². The zero-order chi connectivity index (χ0) is 25.0. The molecule has 34 heavy (non-hydrogen) atoms. The molecule has 1 aliphatic carbocycles. The summed E-state index contributed by atoms with van der Waals surface area (Å²) < 4.78 is 18.4. The molecule has 8 heteroatoms. The second-order valence-electron chi connectivity index (χ2n) is 9.46. The number of alkyl carbamates (subject to hydrolysis) is 1. The molecule has 0 saturated heterocycles. The second kappa shape index (κ2) is 10.2. The number of pyridine rings is 1. The molecule has 2 amide bonds. The monoisotopic (exact) mass is 468 g/mol. The molecule has 1 heterocycles. The molecule has 1 aromatic carbocycles. The molecule has 1 N–H and O–H groups in total. The first-order valence-corrected chi connectivity index (χ1v) is 11.2. The lowest BCUT2D eigenvalue weighted by molar-refractivity contribution is -0.115. The van der Waals surface area contributed by atoms with Crippen molar-refractivity contribution in [1.82, 2.24) is 9.88 Å². The molecule has 0 radical (unpaired) electrons. The number of imide groups is 1. The highest BCUT2D eigenvalue weighted by Crippen LogP contribution is 2.35. The molecule has 1 aliphatic rings. The highest BCUT2D eigenvalue weighted by atomic mass is 16.6. The number of methoxy groups -OCH3 is 1. The van der Waals surface area contributed by atoms with Crippen LogP contribution in [0.4, 0.5) is 4.79 Å². The molecule has 0 aliphatic heterocycles. The number of carbonyl (C=O) groups is 2. The van der Waals surface area contributed by atoms with E-state index in [1.165, 1.54) is 12.1 Å². The van der Waals surface area contributed by atoms with E-state index in [1.807, 2.05) is 0 Å². The number of amides is 2. The van der Waals surface area contributed by atoms with E-state index in [9.17, 15) is 14.4 Å². The first kappa shape index (κ1) is 25.1. The molecule has 8 nitrogen and oxygen atoms in total. The number of aromatic nitrogens is 1. The van der Waals surface area contributed by atoms with E-state index in [0.717, 1.165) is 12.8 Å². The summed E-state index contributed by atoms with van der Waals surface area (Å²) in [6, 6.07) is 8.11. The van der Waals surface area contributed by atoms with Gasteiger partial charge in [-0.3, -0.25) is 14.9 Å². The minimum Gasteiger partial charge on any atom is -0.493 e. The third-order valence-corrected chi connectivity index (χ3v) is 5.23. The Morgan fingerprint density at radius 1 is 1.09 bits per heavy atom. The Morgan fingerprint density at radius 2 is 1.74 bits per heavy atom. The van der Waals surface area contributed by atoms with Crippen LogP contribution in [0.3, 0.4) is 0 Å². The van der Waals surface area contributed by atoms with Crippen molar-refractivity contribution in [2.24, 2.45) is 5.92 Å². The van der Waals surface area contributed by atoms with Crippen LogP contribution in [0.2, 0.25) is 0 Å². The van der Waals surface area contributed by atoms with E-state index >= 15 is 0 Å². The molecular weight excluding hydrogens is 436 g/mol. The third-order valence-electron chi connectivity index (χ3n) is 5.23. The van der Waals surface area contributed by atoms with Gasteiger partial charge in [-0.25, -0.2) is 4.79 Å². The molecule has 0 atom stereocenters. The van der Waals surface area contributed by atoms with Gasteiger partial charge >= 0.3 is 6.09 Å². The van der Waals surface area contributed by atoms with Gasteiger partial charge in [-0.1, -0.05) is 6.07 Å². The van der Waals surface area contributed by atoms with Crippen LogP contribution >= 0.6 is 0 Å². The van der Waals surface area contributed by atoms with Crippen molar-refractivity contribution < 1.29 is 23.8 Å². The van der Waals surface area contributed by atoms with Gasteiger partial charge in [0.15, 0.2) is 16.9 Å². The van der Waals surface area contributed by atoms with Crippen LogP contribution in [0, 0.1) is 19.8 Å². The molecule has 3 rings (SSSR count). The molecule has 1 fully saturated rings. The highest BCUT2D eigenvalue weighted by molar-refractivity contribution is 6.26. The Morgan fingerprint density at radius 3 is 2.29 bits per heavy atom. The quantitative estimate of drug-likeness (QED) is 0.609. The predicted octanol–water partition coefficient (Wildman–Crippen LogP) is 4.31. The number of benzene rings is 1. The lowest BCUT2D eigenvalue weighted by Crippen LogP contribution is -2.36. The summed E-state index contributed by atoms with van der Waals surface area (Å²) in [6.45, 7) is 9.26. The maximum atomic E-state index is 13.2. The minimum atomic E-state index is -0.851. The summed E-state index contributed by atoms with van der Waals surface area (Å²) in [6.07, 6.45) is 3.01. The summed E-state index contributed by atoms with van der Waals surface area (Å²) in [7, 11) is 1.55. The fraction of sp³-hybridized carbons (Fsp3) is 0.423. The van der Waals surface area contributed by atoms with Crippen LogP contribution in [0.5, 0.6) is 11.5 Å². The molecule has 2 aromatic rings. The molecule has 1 saturated carbocycles. The van der Waals surface area contributed by atoms with E-state index in [0.29, 0.717) is 41.0 Å². The van der Waals surface area contributed by atoms with Gasteiger partial charge in [-0.05, 0) is 71.1 Å². The Bertz CT molecular complexity index is 1140. The summed E-state index contributed by atoms with van der Waals surface area (Å²) in [5, 5.41) is 2.30. The summed E-state index contributed by atoms with van der Waals surface area (Å²) >= 11 is 0. The van der Waals surface area contributed by atoms with Crippen molar-refractivity contribution in [2.75, 3.05) is 13.7 Å². The zero-order valence-corrected chi connectivity index (χ0v) is 20.6. The number of nitrogens with zero attached hydrogens (tertiary/aromatic N) is 1. The Hall–Kier alpha value is -3.55. The van der Waals surface area contributed by atoms with Crippen LogP contribution < -0.4 is 20.2 Å². The molecule has 0 bridgehead atoms. The van der Waals surface area contributed by atoms with Crippen molar-refractivity contribution in [2.45, 2.75) is 53.1 Å². The van der Waals surface area contributed by atoms with Crippen molar-refractivity contribution in [3.05, 3.63) is 57.5 Å². The number of ether oxygens (including phenoxy) is 3. The average Bonchev–Trinajstić information content (AvgIpc) is 3.54. The minimum absolute atomic E-state index is 0.125. The van der Waals surface area contributed by atoms with Crippen molar-refractivity contribution in [3.8, 4) is 11.5 Å². The number of hydrogen-bond acceptors (Lipinski definition) is 6. The smallest absolute Gasteiger partial charge is 0.414 e. The first-order chi connectivity index (χ1) is 16.0. The van der Waals surface area contributed by atoms with Crippen molar-refractivity contribution in [3.63, 3.8) is 0 Å². The van der Waals surface area contributed by atoms with Crippen LogP contribution in [-0.2, 0) is 9.53 Å². The third kappa shape index (κ3) is 6.73. The predicted molar refractivity (Wildman–Crippen MR) is 130 cm³/mol. The van der Waals surface area contributed by atoms with Gasteiger partial charge < -0.3 is 18.8 Å². The van der Waals surface area contributed by atoms with E-state index in [1.54, 1.807) is 70.7 Å². The van der Waals surface area contributed by atoms with Crippen LogP contribution in [0.25, 0.3) is 11.8 Å². The number of carbonyl (C=O) groups excluding carboxylic acids is 2. The molecule has 0 unspecified atom stereocenters. The largest absolute Gasteiger partial charge is 0.493 e. The zero-order valence-electron chi connectivity index (χ0n) is 20.6. The summed E-state index contributed by atoms with van der Waals surface area (Å²) in [4.78, 5) is 37.4. The van der Waals surface area contributed by atoms with Crippen LogP contribution in [-0.4, -0.2) is 35.9 Å². The van der Waals surface area contributed by atoms with E-state index in [-0.39, 0.29) is 11.0 Å². The van der Waals surface area contributed by atoms with Gasteiger partial charge in [0.1, 0.15) is 5.60 Å². The topological polar surface area (TPSA) is 95.9 Å². The van der Waals surface area contributed by atoms with Gasteiger partial charge in [0.25, 0.3) is 5.91 Å². The van der Waals surface area contributed by atoms with Crippen LogP contribution in [0.1, 0.15) is 50.6 Å². The van der Waals surface area contributed by atoms with Gasteiger partial charge in [0, 0.05) is 29.7 Å². The highest BCUT2D eigenvalue weighted by Gasteiger charge is 2.24. The fourth-order valence-corrected chi connectivity index (χ4v) is 3.38. The van der Waals surface area contributed by atoms with E-state index < -0.39 is 17.6 Å². The van der Waals surface area contributed by atoms with E-state index in [4.69, 9.17) is 14.2 Å². The Balaban J connectivity index is 2.04. The number of rotatable bonds is 7. The molecule has 0 spiro atoms. The summed E-state index contributed by atoms with van der Waals surface area (Å²) in [5.74, 6) is 0.943. The van der Waals surface area contributed by atoms with Gasteiger partial charge in [0.05, 0.1) is 19.3 Å². The lowest BCUT2D eigenvalue weighted by Gasteiger charge is -2.20. The average molecular weight is 469 g/mol. The van der Waals surface area contributed by atoms with E-state index in [2.05, 4.69) is 5.32 Å². The van der Waals surface area contributed by atoms with Gasteiger partial charge in [0.2, 0.25) is 0 Å². The Kier molecular flexibility index (Phi) is 7.49. The van der Waals surface area contributed by atoms with Gasteiger partial charge in [-0.15, -0.1) is 0 Å². The second-order valence-corrected chi connectivity index (χ2v) is 9.46. The fourth-order valence-electron chi connectivity index (χ4n) is 3.38. The maximum absolute atomic E-state index is 13.2. The van der Waals surface area contributed by atoms with Crippen molar-refractivity contribution in [1.29, 1.82) is 0 Å². The van der Waals surface area contributed by atoms with Gasteiger partial charge in [-0.2, -0.15) is 0 Å². The Labute approximate surface area is 199 Å². The first-order valence-electron chi connectivity index (χ1n) is 11.2. The SMILES string of the molecule is COc1ccc(/C(=C/n2c(C)cc(=O)cc2C)C(=O)NC(=O)OC(C)(C)C)cc1OCC1CC1. The number of hydrogen-bond donors (Lipinski definition) is 1. The number of aryl methyl sites for hydroxylation is 2. The lowest BCUT2D eigenvalue weighted by atomic mass is 10.0. The molecule has 1 aromatic heterocycles. The normalized spacial score (nSPS) is 13.9. The van der Waals surface area contributed by atoms with Crippen molar-refractivity contribution >= 4 is 23.8 Å². The summed E-state index contributed by atoms with van der Waals surface area (Å²) in [5.41, 5.74) is 1.12. The molecule has 182 valence electrons. The standard InChI is InChI=1S/C26H32N2O6/c1-16-11-20(29)12-17(2)28(16)14-21(24(30)27-25(31)34-26(3,4)5)19-9-10-22(32-6)23(13-19)33-15-18-7-8-18/h9-14,18H,7-8,15H2,1-6H3,(H,27,30,31)/b21-14-. The number of nitrogens with one attached hydrogen (secondary N) is 1.